The Morgan fingerprint density at radius 3 is 2.69 bits per heavy atom. The van der Waals surface area contributed by atoms with E-state index in [9.17, 15) is 9.59 Å². The molecule has 1 fully saturated rings. The summed E-state index contributed by atoms with van der Waals surface area (Å²) in [5.74, 6) is 0.150. The van der Waals surface area contributed by atoms with Crippen LogP contribution in [0.5, 0.6) is 0 Å². The van der Waals surface area contributed by atoms with E-state index in [1.807, 2.05) is 0 Å². The third-order valence-electron chi connectivity index (χ3n) is 4.56. The van der Waals surface area contributed by atoms with Crippen LogP contribution in [-0.4, -0.2) is 41.5 Å². The molecule has 0 spiro atoms. The van der Waals surface area contributed by atoms with Crippen LogP contribution in [0.1, 0.15) is 37.8 Å². The number of carbonyl (C=O) groups excluding carboxylic acids is 2. The van der Waals surface area contributed by atoms with Gasteiger partial charge in [0.15, 0.2) is 5.84 Å². The van der Waals surface area contributed by atoms with E-state index in [-0.39, 0.29) is 23.7 Å². The molecule has 1 aromatic rings. The van der Waals surface area contributed by atoms with Gasteiger partial charge in [-0.15, -0.1) is 0 Å². The molecule has 3 atom stereocenters. The van der Waals surface area contributed by atoms with Crippen molar-refractivity contribution in [1.82, 2.24) is 16.0 Å². The van der Waals surface area contributed by atoms with Gasteiger partial charge in [-0.1, -0.05) is 36.3 Å². The van der Waals surface area contributed by atoms with E-state index in [0.29, 0.717) is 18.0 Å². The molecule has 0 bridgehead atoms. The molecule has 1 aliphatic rings. The number of rotatable bonds is 6. The minimum Gasteiger partial charge on any atom is -0.409 e. The zero-order chi connectivity index (χ0) is 19.1. The molecule has 1 unspecified atom stereocenters. The summed E-state index contributed by atoms with van der Waals surface area (Å²) in [6, 6.07) is 6.13. The maximum absolute atomic E-state index is 12.3. The van der Waals surface area contributed by atoms with Crippen LogP contribution in [-0.2, 0) is 16.1 Å². The molecule has 0 radical (unpaired) electrons. The molecular formula is C18H27N5O3. The van der Waals surface area contributed by atoms with Crippen LogP contribution in [0, 0.1) is 5.92 Å². The first-order valence-electron chi connectivity index (χ1n) is 8.79. The minimum atomic E-state index is -0.613. The lowest BCUT2D eigenvalue weighted by molar-refractivity contribution is -0.130. The van der Waals surface area contributed by atoms with E-state index in [1.165, 1.54) is 0 Å². The van der Waals surface area contributed by atoms with Crippen LogP contribution in [0.15, 0.2) is 29.4 Å². The summed E-state index contributed by atoms with van der Waals surface area (Å²) >= 11 is 0. The van der Waals surface area contributed by atoms with Crippen LogP contribution in [0.25, 0.3) is 0 Å². The average Bonchev–Trinajstić information content (AvgIpc) is 2.65. The molecule has 26 heavy (non-hydrogen) atoms. The quantitative estimate of drug-likeness (QED) is 0.215. The number of hydrogen-bond donors (Lipinski definition) is 5. The number of nitrogens with one attached hydrogen (secondary N) is 3. The first-order chi connectivity index (χ1) is 12.4. The Kier molecular flexibility index (Phi) is 6.97. The maximum Gasteiger partial charge on any atom is 0.242 e. The smallest absolute Gasteiger partial charge is 0.242 e. The number of oxime groups is 1. The van der Waals surface area contributed by atoms with Crippen molar-refractivity contribution in [3.63, 3.8) is 0 Å². The number of nitrogens with zero attached hydrogens (tertiary/aromatic N) is 1. The fourth-order valence-electron chi connectivity index (χ4n) is 2.88. The lowest BCUT2D eigenvalue weighted by Crippen LogP contribution is -2.53. The lowest BCUT2D eigenvalue weighted by Gasteiger charge is -2.28. The van der Waals surface area contributed by atoms with Gasteiger partial charge >= 0.3 is 0 Å². The van der Waals surface area contributed by atoms with Crippen molar-refractivity contribution in [3.8, 4) is 0 Å². The number of amides is 2. The van der Waals surface area contributed by atoms with E-state index < -0.39 is 6.04 Å². The first-order valence-corrected chi connectivity index (χ1v) is 8.79. The number of piperidine rings is 1. The van der Waals surface area contributed by atoms with E-state index in [0.717, 1.165) is 24.9 Å². The van der Waals surface area contributed by atoms with E-state index in [2.05, 4.69) is 28.0 Å². The van der Waals surface area contributed by atoms with Crippen LogP contribution < -0.4 is 21.7 Å². The Morgan fingerprint density at radius 1 is 1.38 bits per heavy atom. The van der Waals surface area contributed by atoms with Gasteiger partial charge in [0, 0.05) is 12.1 Å². The fourth-order valence-corrected chi connectivity index (χ4v) is 2.88. The molecule has 1 aliphatic heterocycles. The van der Waals surface area contributed by atoms with Gasteiger partial charge in [0.2, 0.25) is 11.8 Å². The average molecular weight is 361 g/mol. The summed E-state index contributed by atoms with van der Waals surface area (Å²) in [5, 5.41) is 20.3. The summed E-state index contributed by atoms with van der Waals surface area (Å²) in [7, 11) is 0. The molecule has 1 heterocycles. The molecule has 6 N–H and O–H groups in total. The second-order valence-electron chi connectivity index (χ2n) is 6.77. The number of hydrogen-bond acceptors (Lipinski definition) is 5. The number of benzene rings is 1. The summed E-state index contributed by atoms with van der Waals surface area (Å²) in [6.07, 6.45) is 1.85. The number of carbonyl (C=O) groups is 2. The predicted molar refractivity (Wildman–Crippen MR) is 98.6 cm³/mol. The highest BCUT2D eigenvalue weighted by atomic mass is 16.4. The third-order valence-corrected chi connectivity index (χ3v) is 4.56. The van der Waals surface area contributed by atoms with Crippen LogP contribution in [0.4, 0.5) is 0 Å². The second-order valence-corrected chi connectivity index (χ2v) is 6.77. The van der Waals surface area contributed by atoms with Crippen molar-refractivity contribution in [2.24, 2.45) is 16.8 Å². The van der Waals surface area contributed by atoms with Crippen molar-refractivity contribution in [2.75, 3.05) is 6.54 Å². The van der Waals surface area contributed by atoms with Gasteiger partial charge < -0.3 is 26.9 Å². The monoisotopic (exact) mass is 361 g/mol. The summed E-state index contributed by atoms with van der Waals surface area (Å²) in [6.45, 7) is 4.94. The Labute approximate surface area is 153 Å². The topological polar surface area (TPSA) is 129 Å². The van der Waals surface area contributed by atoms with Crippen molar-refractivity contribution in [3.05, 3.63) is 35.4 Å². The highest BCUT2D eigenvalue weighted by Gasteiger charge is 2.26. The zero-order valence-corrected chi connectivity index (χ0v) is 15.2. The molecule has 0 aromatic heterocycles. The molecule has 142 valence electrons. The summed E-state index contributed by atoms with van der Waals surface area (Å²) < 4.78 is 0. The molecule has 1 aromatic carbocycles. The predicted octanol–water partition coefficient (Wildman–Crippen LogP) is 0.290. The van der Waals surface area contributed by atoms with Crippen LogP contribution in [0.3, 0.4) is 0 Å². The highest BCUT2D eigenvalue weighted by Crippen LogP contribution is 2.15. The van der Waals surface area contributed by atoms with Gasteiger partial charge in [-0.2, -0.15) is 0 Å². The van der Waals surface area contributed by atoms with Crippen molar-refractivity contribution in [1.29, 1.82) is 0 Å². The van der Waals surface area contributed by atoms with Gasteiger partial charge in [0.1, 0.15) is 6.04 Å². The molecule has 8 nitrogen and oxygen atoms in total. The molecule has 2 rings (SSSR count). The SMILES string of the molecule is C[C@H]1CCNC(C(=O)N[C@@H](C)C(=O)NCc2ccc(/C(N)=N/O)cc2)C1. The van der Waals surface area contributed by atoms with Gasteiger partial charge in [0.25, 0.3) is 0 Å². The number of amidine groups is 1. The van der Waals surface area contributed by atoms with Gasteiger partial charge in [-0.25, -0.2) is 0 Å². The Balaban J connectivity index is 1.80. The Morgan fingerprint density at radius 2 is 2.08 bits per heavy atom. The minimum absolute atomic E-state index is 0.0301. The maximum atomic E-state index is 12.3. The van der Waals surface area contributed by atoms with Gasteiger partial charge in [0.05, 0.1) is 6.04 Å². The van der Waals surface area contributed by atoms with E-state index in [1.54, 1.807) is 31.2 Å². The molecule has 1 saturated heterocycles. The first kappa shape index (κ1) is 19.7. The zero-order valence-electron chi connectivity index (χ0n) is 15.2. The standard InChI is InChI=1S/C18H27N5O3/c1-11-7-8-20-15(9-11)18(25)22-12(2)17(24)21-10-13-3-5-14(6-4-13)16(19)23-26/h3-6,11-12,15,20,26H,7-10H2,1-2H3,(H2,19,23)(H,21,24)(H,22,25)/t11-,12-,15?/m0/s1. The highest BCUT2D eigenvalue weighted by molar-refractivity contribution is 5.97. The van der Waals surface area contributed by atoms with Crippen molar-refractivity contribution >= 4 is 17.6 Å². The van der Waals surface area contributed by atoms with Gasteiger partial charge in [-0.05, 0) is 37.8 Å². The summed E-state index contributed by atoms with van der Waals surface area (Å²) in [5.41, 5.74) is 6.97. The largest absolute Gasteiger partial charge is 0.409 e. The van der Waals surface area contributed by atoms with Crippen molar-refractivity contribution < 1.29 is 14.8 Å². The van der Waals surface area contributed by atoms with Crippen LogP contribution in [0.2, 0.25) is 0 Å². The lowest BCUT2D eigenvalue weighted by atomic mass is 9.94. The van der Waals surface area contributed by atoms with E-state index >= 15 is 0 Å². The third kappa shape index (κ3) is 5.45. The summed E-state index contributed by atoms with van der Waals surface area (Å²) in [4.78, 5) is 24.5. The molecule has 2 amide bonds. The molecule has 8 heteroatoms. The van der Waals surface area contributed by atoms with Gasteiger partial charge in [-0.3, -0.25) is 9.59 Å². The Hall–Kier alpha value is -2.61. The molecule has 0 aliphatic carbocycles. The Bertz CT molecular complexity index is 659. The van der Waals surface area contributed by atoms with Crippen molar-refractivity contribution in [2.45, 2.75) is 45.3 Å². The molecular weight excluding hydrogens is 334 g/mol. The fraction of sp³-hybridized carbons (Fsp3) is 0.500. The molecule has 0 saturated carbocycles. The number of nitrogens with two attached hydrogens (primary N) is 1. The van der Waals surface area contributed by atoms with E-state index in [4.69, 9.17) is 10.9 Å². The second kappa shape index (κ2) is 9.19. The van der Waals surface area contributed by atoms with Crippen LogP contribution >= 0.6 is 0 Å². The normalized spacial score (nSPS) is 21.7.